The maximum Gasteiger partial charge on any atom is 0.177 e. The summed E-state index contributed by atoms with van der Waals surface area (Å²) in [5.74, 6) is 0.518. The highest BCUT2D eigenvalue weighted by Gasteiger charge is 2.20. The summed E-state index contributed by atoms with van der Waals surface area (Å²) in [5, 5.41) is 3.91. The molecule has 17 heavy (non-hydrogen) atoms. The molecular formula is C12H18N2O2S. The van der Waals surface area contributed by atoms with Gasteiger partial charge in [-0.05, 0) is 13.8 Å². The van der Waals surface area contributed by atoms with Crippen molar-refractivity contribution in [1.82, 2.24) is 0 Å². The fourth-order valence-corrected chi connectivity index (χ4v) is 2.28. The van der Waals surface area contributed by atoms with Crippen molar-refractivity contribution in [1.29, 1.82) is 0 Å². The Labute approximate surface area is 105 Å². The molecule has 1 aromatic heterocycles. The maximum absolute atomic E-state index is 11.4. The average molecular weight is 254 g/mol. The van der Waals surface area contributed by atoms with E-state index in [0.29, 0.717) is 22.9 Å². The Kier molecular flexibility index (Phi) is 4.57. The van der Waals surface area contributed by atoms with Gasteiger partial charge in [-0.1, -0.05) is 6.08 Å². The zero-order chi connectivity index (χ0) is 13.0. The lowest BCUT2D eigenvalue weighted by Gasteiger charge is -2.11. The maximum atomic E-state index is 11.4. The third-order valence-corrected chi connectivity index (χ3v) is 3.23. The number of nitrogen functional groups attached to an aromatic ring is 1. The van der Waals surface area contributed by atoms with Gasteiger partial charge in [0.15, 0.2) is 11.5 Å². The first-order valence-corrected chi connectivity index (χ1v) is 6.23. The Morgan fingerprint density at radius 3 is 2.76 bits per heavy atom. The highest BCUT2D eigenvalue weighted by atomic mass is 32.1. The Bertz CT molecular complexity index is 424. The number of carbonyl (C=O) groups is 1. The predicted molar refractivity (Wildman–Crippen MR) is 73.2 cm³/mol. The van der Waals surface area contributed by atoms with E-state index >= 15 is 0 Å². The molecule has 4 nitrogen and oxygen atoms in total. The number of rotatable bonds is 6. The standard InChI is InChI=1S/C12H18N2O2S/c1-5-6-14-12-10(16-7(2)3)9(13)11(17-12)8(4)15/h5,7,14H,1,6,13H2,2-4H3. The quantitative estimate of drug-likeness (QED) is 0.605. The van der Waals surface area contributed by atoms with Gasteiger partial charge >= 0.3 is 0 Å². The summed E-state index contributed by atoms with van der Waals surface area (Å²) >= 11 is 1.32. The molecule has 5 heteroatoms. The number of carbonyl (C=O) groups excluding carboxylic acids is 1. The molecule has 0 saturated carbocycles. The predicted octanol–water partition coefficient (Wildman–Crippen LogP) is 2.92. The molecule has 1 heterocycles. The molecule has 0 spiro atoms. The Balaban J connectivity index is 3.11. The number of Topliss-reactive ketones (excluding diaryl/α,β-unsaturated/α-hetero) is 1. The van der Waals surface area contributed by atoms with Crippen LogP contribution in [-0.4, -0.2) is 18.4 Å². The molecule has 1 aromatic rings. The minimum Gasteiger partial charge on any atom is -0.486 e. The highest BCUT2D eigenvalue weighted by molar-refractivity contribution is 7.19. The van der Waals surface area contributed by atoms with Gasteiger partial charge in [-0.2, -0.15) is 0 Å². The number of thiophene rings is 1. The third-order valence-electron chi connectivity index (χ3n) is 1.98. The monoisotopic (exact) mass is 254 g/mol. The normalized spacial score (nSPS) is 10.4. The van der Waals surface area contributed by atoms with Crippen LogP contribution in [0.25, 0.3) is 0 Å². The van der Waals surface area contributed by atoms with E-state index < -0.39 is 0 Å². The molecule has 0 unspecified atom stereocenters. The fourth-order valence-electron chi connectivity index (χ4n) is 1.32. The SMILES string of the molecule is C=CCNc1sc(C(C)=O)c(N)c1OC(C)C. The minimum absolute atomic E-state index is 0.0102. The van der Waals surface area contributed by atoms with Crippen LogP contribution in [0.1, 0.15) is 30.4 Å². The summed E-state index contributed by atoms with van der Waals surface area (Å²) in [6, 6.07) is 0. The Morgan fingerprint density at radius 2 is 2.29 bits per heavy atom. The molecule has 0 fully saturated rings. The number of hydrogen-bond acceptors (Lipinski definition) is 5. The molecule has 0 aliphatic heterocycles. The zero-order valence-corrected chi connectivity index (χ0v) is 11.2. The van der Waals surface area contributed by atoms with Crippen LogP contribution >= 0.6 is 11.3 Å². The number of ketones is 1. The molecule has 0 saturated heterocycles. The second-order valence-electron chi connectivity index (χ2n) is 3.90. The summed E-state index contributed by atoms with van der Waals surface area (Å²) < 4.78 is 5.64. The van der Waals surface area contributed by atoms with E-state index in [0.717, 1.165) is 5.00 Å². The van der Waals surface area contributed by atoms with Crippen LogP contribution in [0.3, 0.4) is 0 Å². The minimum atomic E-state index is -0.0484. The van der Waals surface area contributed by atoms with Gasteiger partial charge in [0.25, 0.3) is 0 Å². The summed E-state index contributed by atoms with van der Waals surface area (Å²) in [7, 11) is 0. The highest BCUT2D eigenvalue weighted by Crippen LogP contribution is 2.43. The summed E-state index contributed by atoms with van der Waals surface area (Å²) in [6.45, 7) is 9.57. The number of hydrogen-bond donors (Lipinski definition) is 2. The largest absolute Gasteiger partial charge is 0.486 e. The molecular weight excluding hydrogens is 236 g/mol. The molecule has 0 radical (unpaired) electrons. The van der Waals surface area contributed by atoms with Crippen molar-refractivity contribution < 1.29 is 9.53 Å². The van der Waals surface area contributed by atoms with Crippen molar-refractivity contribution in [3.8, 4) is 5.75 Å². The molecule has 0 atom stereocenters. The van der Waals surface area contributed by atoms with Crippen LogP contribution in [0.15, 0.2) is 12.7 Å². The van der Waals surface area contributed by atoms with Crippen molar-refractivity contribution in [3.05, 3.63) is 17.5 Å². The first-order chi connectivity index (χ1) is 7.97. The van der Waals surface area contributed by atoms with Crippen LogP contribution in [0, 0.1) is 0 Å². The first kappa shape index (κ1) is 13.6. The molecule has 0 amide bonds. The van der Waals surface area contributed by atoms with Gasteiger partial charge in [0.05, 0.1) is 16.7 Å². The molecule has 0 aliphatic carbocycles. The lowest BCUT2D eigenvalue weighted by atomic mass is 10.3. The summed E-state index contributed by atoms with van der Waals surface area (Å²) in [6.07, 6.45) is 1.75. The summed E-state index contributed by atoms with van der Waals surface area (Å²) in [5.41, 5.74) is 6.34. The Hall–Kier alpha value is -1.49. The molecule has 0 bridgehead atoms. The zero-order valence-electron chi connectivity index (χ0n) is 10.4. The van der Waals surface area contributed by atoms with Gasteiger partial charge in [-0.3, -0.25) is 4.79 Å². The van der Waals surface area contributed by atoms with Gasteiger partial charge < -0.3 is 15.8 Å². The van der Waals surface area contributed by atoms with Crippen molar-refractivity contribution >= 4 is 27.8 Å². The molecule has 3 N–H and O–H groups in total. The number of anilines is 2. The van der Waals surface area contributed by atoms with Crippen molar-refractivity contribution in [2.45, 2.75) is 26.9 Å². The van der Waals surface area contributed by atoms with Gasteiger partial charge in [0.2, 0.25) is 0 Å². The van der Waals surface area contributed by atoms with Gasteiger partial charge in [0, 0.05) is 13.5 Å². The average Bonchev–Trinajstić information content (AvgIpc) is 2.53. The van der Waals surface area contributed by atoms with E-state index in [1.54, 1.807) is 6.08 Å². The van der Waals surface area contributed by atoms with Crippen molar-refractivity contribution in [2.75, 3.05) is 17.6 Å². The topological polar surface area (TPSA) is 64.4 Å². The Morgan fingerprint density at radius 1 is 1.65 bits per heavy atom. The van der Waals surface area contributed by atoms with Crippen LogP contribution in [0.2, 0.25) is 0 Å². The second-order valence-corrected chi connectivity index (χ2v) is 4.92. The van der Waals surface area contributed by atoms with E-state index in [1.165, 1.54) is 18.3 Å². The smallest absolute Gasteiger partial charge is 0.177 e. The van der Waals surface area contributed by atoms with Gasteiger partial charge in [-0.25, -0.2) is 0 Å². The van der Waals surface area contributed by atoms with E-state index in [4.69, 9.17) is 10.5 Å². The van der Waals surface area contributed by atoms with Crippen LogP contribution in [0.5, 0.6) is 5.75 Å². The first-order valence-electron chi connectivity index (χ1n) is 5.42. The second kappa shape index (κ2) is 5.72. The van der Waals surface area contributed by atoms with Gasteiger partial charge in [0.1, 0.15) is 5.00 Å². The number of nitrogens with two attached hydrogens (primary N) is 1. The summed E-state index contributed by atoms with van der Waals surface area (Å²) in [4.78, 5) is 12.0. The van der Waals surface area contributed by atoms with E-state index in [9.17, 15) is 4.79 Å². The van der Waals surface area contributed by atoms with E-state index in [-0.39, 0.29) is 11.9 Å². The number of ether oxygens (including phenoxy) is 1. The van der Waals surface area contributed by atoms with Gasteiger partial charge in [-0.15, -0.1) is 17.9 Å². The van der Waals surface area contributed by atoms with Crippen molar-refractivity contribution in [2.24, 2.45) is 0 Å². The van der Waals surface area contributed by atoms with Crippen molar-refractivity contribution in [3.63, 3.8) is 0 Å². The lowest BCUT2D eigenvalue weighted by Crippen LogP contribution is -2.09. The third kappa shape index (κ3) is 3.23. The van der Waals surface area contributed by atoms with Crippen LogP contribution in [0.4, 0.5) is 10.7 Å². The van der Waals surface area contributed by atoms with E-state index in [2.05, 4.69) is 11.9 Å². The molecule has 0 aromatic carbocycles. The van der Waals surface area contributed by atoms with E-state index in [1.807, 2.05) is 13.8 Å². The lowest BCUT2D eigenvalue weighted by molar-refractivity contribution is 0.102. The molecule has 1 rings (SSSR count). The van der Waals surface area contributed by atoms with Crippen LogP contribution in [-0.2, 0) is 0 Å². The molecule has 94 valence electrons. The molecule has 0 aliphatic rings. The fraction of sp³-hybridized carbons (Fsp3) is 0.417. The van der Waals surface area contributed by atoms with Crippen LogP contribution < -0.4 is 15.8 Å². The number of nitrogens with one attached hydrogen (secondary N) is 1.